The number of hydrogen-bond donors (Lipinski definition) is 0. The molecule has 2 aromatic carbocycles. The second-order valence-corrected chi connectivity index (χ2v) is 7.93. The van der Waals surface area contributed by atoms with E-state index in [1.165, 1.54) is 19.2 Å². The average molecular weight is 424 g/mol. The third-order valence-electron chi connectivity index (χ3n) is 4.31. The molecule has 0 saturated carbocycles. The van der Waals surface area contributed by atoms with Gasteiger partial charge >= 0.3 is 11.9 Å². The number of ketones is 1. The van der Waals surface area contributed by atoms with Crippen molar-refractivity contribution >= 4 is 17.7 Å². The van der Waals surface area contributed by atoms with Crippen molar-refractivity contribution in [3.05, 3.63) is 71.0 Å². The highest BCUT2D eigenvalue weighted by Crippen LogP contribution is 2.18. The van der Waals surface area contributed by atoms with Gasteiger partial charge in [0.05, 0.1) is 7.11 Å². The van der Waals surface area contributed by atoms with Gasteiger partial charge in [0.1, 0.15) is 17.3 Å². The molecule has 0 N–H and O–H groups in total. The molecule has 0 heterocycles. The van der Waals surface area contributed by atoms with Crippen LogP contribution in [0.15, 0.2) is 48.5 Å². The molecule has 0 radical (unpaired) electrons. The number of carbonyl (C=O) groups is 3. The maximum absolute atomic E-state index is 13.1. The molecule has 0 spiro atoms. The van der Waals surface area contributed by atoms with Gasteiger partial charge < -0.3 is 9.47 Å². The monoisotopic (exact) mass is 424 g/mol. The standard InChI is InChI=1S/C25H25FO5/c1-25(2,3)31-22(27)16-10-17-5-11-19(12-6-17)23(28)21(24(29)30-4)15-9-18-7-13-20(26)14-8-18/h5-8,11-14,21H,9,15H2,1-4H3. The van der Waals surface area contributed by atoms with Gasteiger partial charge in [0, 0.05) is 17.0 Å². The highest BCUT2D eigenvalue weighted by molar-refractivity contribution is 6.08. The summed E-state index contributed by atoms with van der Waals surface area (Å²) in [6, 6.07) is 12.2. The van der Waals surface area contributed by atoms with E-state index < -0.39 is 23.5 Å². The Bertz CT molecular complexity index is 989. The summed E-state index contributed by atoms with van der Waals surface area (Å²) in [5, 5.41) is 0. The van der Waals surface area contributed by atoms with Crippen molar-refractivity contribution in [2.75, 3.05) is 7.11 Å². The Morgan fingerprint density at radius 3 is 2.16 bits per heavy atom. The Morgan fingerprint density at radius 1 is 1.00 bits per heavy atom. The zero-order chi connectivity index (χ0) is 23.0. The minimum atomic E-state index is -0.978. The minimum Gasteiger partial charge on any atom is -0.468 e. The van der Waals surface area contributed by atoms with Crippen LogP contribution in [0.5, 0.6) is 0 Å². The number of aryl methyl sites for hydroxylation is 1. The molecule has 0 aliphatic rings. The maximum Gasteiger partial charge on any atom is 0.385 e. The first-order valence-electron chi connectivity index (χ1n) is 9.80. The topological polar surface area (TPSA) is 69.7 Å². The summed E-state index contributed by atoms with van der Waals surface area (Å²) in [5.74, 6) is 2.13. The van der Waals surface area contributed by atoms with Gasteiger partial charge in [-0.15, -0.1) is 0 Å². The Hall–Kier alpha value is -3.46. The SMILES string of the molecule is COC(=O)C(CCc1ccc(F)cc1)C(=O)c1ccc(C#CC(=O)OC(C)(C)C)cc1. The van der Waals surface area contributed by atoms with Crippen LogP contribution in [-0.2, 0) is 25.5 Å². The molecule has 2 rings (SSSR count). The van der Waals surface area contributed by atoms with E-state index in [0.29, 0.717) is 17.5 Å². The first-order chi connectivity index (χ1) is 14.6. The lowest BCUT2D eigenvalue weighted by molar-refractivity contribution is -0.147. The van der Waals surface area contributed by atoms with Crippen LogP contribution in [0.2, 0.25) is 0 Å². The van der Waals surface area contributed by atoms with Crippen LogP contribution in [0.4, 0.5) is 4.39 Å². The molecule has 0 saturated heterocycles. The lowest BCUT2D eigenvalue weighted by atomic mass is 9.91. The fraction of sp³-hybridized carbons (Fsp3) is 0.320. The largest absolute Gasteiger partial charge is 0.468 e. The number of rotatable bonds is 6. The molecule has 1 unspecified atom stereocenters. The van der Waals surface area contributed by atoms with Gasteiger partial charge in [0.15, 0.2) is 5.78 Å². The fourth-order valence-electron chi connectivity index (χ4n) is 2.81. The van der Waals surface area contributed by atoms with Crippen molar-refractivity contribution < 1.29 is 28.2 Å². The molecule has 0 amide bonds. The Morgan fingerprint density at radius 2 is 1.61 bits per heavy atom. The van der Waals surface area contributed by atoms with Crippen molar-refractivity contribution in [3.8, 4) is 11.8 Å². The van der Waals surface area contributed by atoms with Gasteiger partial charge in [0.25, 0.3) is 0 Å². The normalized spacial score (nSPS) is 11.6. The number of halogens is 1. The predicted octanol–water partition coefficient (Wildman–Crippen LogP) is 4.12. The predicted molar refractivity (Wildman–Crippen MR) is 114 cm³/mol. The number of esters is 2. The number of ether oxygens (including phenoxy) is 2. The second kappa shape index (κ2) is 10.5. The quantitative estimate of drug-likeness (QED) is 0.302. The van der Waals surface area contributed by atoms with Crippen LogP contribution in [0.3, 0.4) is 0 Å². The van der Waals surface area contributed by atoms with Gasteiger partial charge in [-0.1, -0.05) is 30.2 Å². The lowest BCUT2D eigenvalue weighted by Gasteiger charge is -2.16. The van der Waals surface area contributed by atoms with Crippen molar-refractivity contribution in [1.82, 2.24) is 0 Å². The highest BCUT2D eigenvalue weighted by Gasteiger charge is 2.28. The molecule has 2 aromatic rings. The molecule has 0 aliphatic carbocycles. The summed E-state index contributed by atoms with van der Waals surface area (Å²) in [6.07, 6.45) is 0.655. The van der Waals surface area contributed by atoms with E-state index in [9.17, 15) is 18.8 Å². The van der Waals surface area contributed by atoms with Gasteiger partial charge in [-0.3, -0.25) is 9.59 Å². The number of carbonyl (C=O) groups excluding carboxylic acids is 3. The van der Waals surface area contributed by atoms with E-state index in [2.05, 4.69) is 11.8 Å². The second-order valence-electron chi connectivity index (χ2n) is 7.93. The Kier molecular flexibility index (Phi) is 8.09. The van der Waals surface area contributed by atoms with Crippen LogP contribution < -0.4 is 0 Å². The zero-order valence-corrected chi connectivity index (χ0v) is 18.0. The van der Waals surface area contributed by atoms with Crippen LogP contribution in [-0.4, -0.2) is 30.4 Å². The molecule has 0 bridgehead atoms. The third kappa shape index (κ3) is 7.71. The first-order valence-corrected chi connectivity index (χ1v) is 9.80. The van der Waals surface area contributed by atoms with Crippen molar-refractivity contribution in [2.45, 2.75) is 39.2 Å². The zero-order valence-electron chi connectivity index (χ0n) is 18.0. The molecular weight excluding hydrogens is 399 g/mol. The molecule has 162 valence electrons. The minimum absolute atomic E-state index is 0.233. The van der Waals surface area contributed by atoms with E-state index in [1.807, 2.05) is 0 Å². The van der Waals surface area contributed by atoms with Gasteiger partial charge in [-0.2, -0.15) is 0 Å². The van der Waals surface area contributed by atoms with Gasteiger partial charge in [0.2, 0.25) is 0 Å². The van der Waals surface area contributed by atoms with E-state index in [0.717, 1.165) is 5.56 Å². The lowest BCUT2D eigenvalue weighted by Crippen LogP contribution is -2.26. The van der Waals surface area contributed by atoms with Gasteiger partial charge in [-0.25, -0.2) is 9.18 Å². The number of benzene rings is 2. The Balaban J connectivity index is 2.10. The maximum atomic E-state index is 13.1. The first kappa shape index (κ1) is 23.8. The summed E-state index contributed by atoms with van der Waals surface area (Å²) in [5.41, 5.74) is 1.05. The van der Waals surface area contributed by atoms with E-state index >= 15 is 0 Å². The summed E-state index contributed by atoms with van der Waals surface area (Å²) in [7, 11) is 1.23. The van der Waals surface area contributed by atoms with Gasteiger partial charge in [-0.05, 0) is 63.4 Å². The fourth-order valence-corrected chi connectivity index (χ4v) is 2.81. The molecule has 0 fully saturated rings. The third-order valence-corrected chi connectivity index (χ3v) is 4.31. The van der Waals surface area contributed by atoms with Crippen LogP contribution >= 0.6 is 0 Å². The molecule has 31 heavy (non-hydrogen) atoms. The summed E-state index contributed by atoms with van der Waals surface area (Å²) < 4.78 is 23.0. The molecule has 6 heteroatoms. The molecule has 0 aliphatic heterocycles. The van der Waals surface area contributed by atoms with Crippen molar-refractivity contribution in [3.63, 3.8) is 0 Å². The Labute approximate surface area is 181 Å². The summed E-state index contributed by atoms with van der Waals surface area (Å²) >= 11 is 0. The van der Waals surface area contributed by atoms with E-state index in [1.54, 1.807) is 57.2 Å². The number of hydrogen-bond acceptors (Lipinski definition) is 5. The van der Waals surface area contributed by atoms with E-state index in [4.69, 9.17) is 9.47 Å². The number of methoxy groups -OCH3 is 1. The van der Waals surface area contributed by atoms with Crippen LogP contribution in [0.25, 0.3) is 0 Å². The van der Waals surface area contributed by atoms with Crippen molar-refractivity contribution in [1.29, 1.82) is 0 Å². The molecule has 0 aromatic heterocycles. The summed E-state index contributed by atoms with van der Waals surface area (Å²) in [4.78, 5) is 36.8. The van der Waals surface area contributed by atoms with Crippen LogP contribution in [0.1, 0.15) is 48.7 Å². The van der Waals surface area contributed by atoms with Crippen LogP contribution in [0, 0.1) is 23.6 Å². The van der Waals surface area contributed by atoms with E-state index in [-0.39, 0.29) is 18.0 Å². The molecular formula is C25H25FO5. The molecule has 1 atom stereocenters. The smallest absolute Gasteiger partial charge is 0.385 e. The van der Waals surface area contributed by atoms with Crippen molar-refractivity contribution in [2.24, 2.45) is 5.92 Å². The number of Topliss-reactive ketones (excluding diaryl/α,β-unsaturated/α-hetero) is 1. The average Bonchev–Trinajstić information content (AvgIpc) is 2.72. The summed E-state index contributed by atoms with van der Waals surface area (Å²) in [6.45, 7) is 5.25. The molecule has 5 nitrogen and oxygen atoms in total. The highest BCUT2D eigenvalue weighted by atomic mass is 19.1.